The minimum atomic E-state index is -0.614. The van der Waals surface area contributed by atoms with Crippen molar-refractivity contribution in [1.82, 2.24) is 0 Å². The van der Waals surface area contributed by atoms with Gasteiger partial charge in [0.2, 0.25) is 0 Å². The van der Waals surface area contributed by atoms with Gasteiger partial charge in [-0.15, -0.1) is 0 Å². The number of nitro benzene ring substituents is 1. The van der Waals surface area contributed by atoms with Gasteiger partial charge in [0.25, 0.3) is 17.5 Å². The van der Waals surface area contributed by atoms with Gasteiger partial charge >= 0.3 is 0 Å². The van der Waals surface area contributed by atoms with E-state index in [1.165, 1.54) is 24.5 Å². The summed E-state index contributed by atoms with van der Waals surface area (Å²) in [6.07, 6.45) is 1.34. The molecule has 1 heterocycles. The predicted octanol–water partition coefficient (Wildman–Crippen LogP) is 3.69. The van der Waals surface area contributed by atoms with Crippen molar-refractivity contribution in [3.8, 4) is 0 Å². The third-order valence-electron chi connectivity index (χ3n) is 3.48. The maximum atomic E-state index is 12.6. The second-order valence-corrected chi connectivity index (χ2v) is 5.24. The van der Waals surface area contributed by atoms with Crippen LogP contribution in [0.2, 0.25) is 0 Å². The molecule has 0 saturated heterocycles. The van der Waals surface area contributed by atoms with Gasteiger partial charge in [0.1, 0.15) is 0 Å². The van der Waals surface area contributed by atoms with Gasteiger partial charge in [0, 0.05) is 17.8 Å². The Morgan fingerprint density at radius 1 is 0.923 bits per heavy atom. The van der Waals surface area contributed by atoms with E-state index in [-0.39, 0.29) is 22.7 Å². The SMILES string of the molecule is O=C(Nc1ccc([N+](=O)[O-])cc1C(=O)Nc1ccccc1)c1ccco1. The number of amides is 2. The van der Waals surface area contributed by atoms with Gasteiger partial charge in [-0.1, -0.05) is 18.2 Å². The molecule has 0 aliphatic carbocycles. The first-order chi connectivity index (χ1) is 12.5. The van der Waals surface area contributed by atoms with Crippen LogP contribution in [-0.2, 0) is 0 Å². The number of rotatable bonds is 5. The molecule has 1 aromatic heterocycles. The first-order valence-corrected chi connectivity index (χ1v) is 7.54. The molecule has 0 saturated carbocycles. The summed E-state index contributed by atoms with van der Waals surface area (Å²) in [4.78, 5) is 35.1. The van der Waals surface area contributed by atoms with Crippen LogP contribution in [0, 0.1) is 10.1 Å². The zero-order valence-electron chi connectivity index (χ0n) is 13.3. The summed E-state index contributed by atoms with van der Waals surface area (Å²) < 4.78 is 5.00. The van der Waals surface area contributed by atoms with E-state index >= 15 is 0 Å². The summed E-state index contributed by atoms with van der Waals surface area (Å²) in [5.41, 5.74) is 0.347. The number of carbonyl (C=O) groups excluding carboxylic acids is 2. The van der Waals surface area contributed by atoms with E-state index in [1.807, 2.05) is 0 Å². The summed E-state index contributed by atoms with van der Waals surface area (Å²) in [7, 11) is 0. The van der Waals surface area contributed by atoms with Gasteiger partial charge < -0.3 is 15.1 Å². The average Bonchev–Trinajstić information content (AvgIpc) is 3.17. The minimum Gasteiger partial charge on any atom is -0.459 e. The maximum absolute atomic E-state index is 12.6. The highest BCUT2D eigenvalue weighted by atomic mass is 16.6. The Hall–Kier alpha value is -3.94. The topological polar surface area (TPSA) is 114 Å². The highest BCUT2D eigenvalue weighted by molar-refractivity contribution is 6.12. The molecule has 2 N–H and O–H groups in total. The van der Waals surface area contributed by atoms with E-state index in [0.29, 0.717) is 5.69 Å². The molecule has 2 aromatic carbocycles. The van der Waals surface area contributed by atoms with Crippen LogP contribution in [0.15, 0.2) is 71.3 Å². The van der Waals surface area contributed by atoms with Crippen molar-refractivity contribution < 1.29 is 18.9 Å². The number of para-hydroxylation sites is 1. The van der Waals surface area contributed by atoms with Gasteiger partial charge in [0.15, 0.2) is 5.76 Å². The number of anilines is 2. The first-order valence-electron chi connectivity index (χ1n) is 7.54. The van der Waals surface area contributed by atoms with Crippen molar-refractivity contribution in [3.05, 3.63) is 88.4 Å². The Morgan fingerprint density at radius 3 is 2.35 bits per heavy atom. The van der Waals surface area contributed by atoms with Gasteiger partial charge in [0.05, 0.1) is 22.4 Å². The van der Waals surface area contributed by atoms with Crippen LogP contribution in [0.5, 0.6) is 0 Å². The van der Waals surface area contributed by atoms with Gasteiger partial charge in [-0.05, 0) is 30.3 Å². The number of furan rings is 1. The standard InChI is InChI=1S/C18H13N3O5/c22-17(19-12-5-2-1-3-6-12)14-11-13(21(24)25)8-9-15(14)20-18(23)16-7-4-10-26-16/h1-11H,(H,19,22)(H,20,23). The third-order valence-corrected chi connectivity index (χ3v) is 3.48. The second kappa shape index (κ2) is 7.31. The number of non-ortho nitro benzene ring substituents is 1. The Balaban J connectivity index is 1.92. The van der Waals surface area contributed by atoms with E-state index in [0.717, 1.165) is 6.07 Å². The fraction of sp³-hybridized carbons (Fsp3) is 0. The first kappa shape index (κ1) is 16.9. The molecule has 0 unspecified atom stereocenters. The molecular weight excluding hydrogens is 338 g/mol. The highest BCUT2D eigenvalue weighted by Gasteiger charge is 2.19. The van der Waals surface area contributed by atoms with Crippen molar-refractivity contribution in [1.29, 1.82) is 0 Å². The second-order valence-electron chi connectivity index (χ2n) is 5.24. The summed E-state index contributed by atoms with van der Waals surface area (Å²) in [5.74, 6) is -1.11. The average molecular weight is 351 g/mol. The predicted molar refractivity (Wildman–Crippen MR) is 94.2 cm³/mol. The van der Waals surface area contributed by atoms with E-state index in [2.05, 4.69) is 10.6 Å². The number of hydrogen-bond acceptors (Lipinski definition) is 5. The van der Waals surface area contributed by atoms with Crippen molar-refractivity contribution in [2.45, 2.75) is 0 Å². The Kier molecular flexibility index (Phi) is 4.75. The molecule has 8 nitrogen and oxygen atoms in total. The van der Waals surface area contributed by atoms with Crippen LogP contribution in [0.4, 0.5) is 17.1 Å². The number of nitrogens with zero attached hydrogens (tertiary/aromatic N) is 1. The highest BCUT2D eigenvalue weighted by Crippen LogP contribution is 2.24. The molecule has 0 spiro atoms. The van der Waals surface area contributed by atoms with Crippen LogP contribution in [0.3, 0.4) is 0 Å². The van der Waals surface area contributed by atoms with Crippen molar-refractivity contribution in [3.63, 3.8) is 0 Å². The molecule has 26 heavy (non-hydrogen) atoms. The van der Waals surface area contributed by atoms with Crippen LogP contribution >= 0.6 is 0 Å². The zero-order chi connectivity index (χ0) is 18.5. The number of hydrogen-bond donors (Lipinski definition) is 2. The maximum Gasteiger partial charge on any atom is 0.291 e. The smallest absolute Gasteiger partial charge is 0.291 e. The van der Waals surface area contributed by atoms with E-state index in [1.54, 1.807) is 36.4 Å². The number of carbonyl (C=O) groups is 2. The molecule has 3 rings (SSSR count). The van der Waals surface area contributed by atoms with Crippen molar-refractivity contribution in [2.75, 3.05) is 10.6 Å². The van der Waals surface area contributed by atoms with Crippen LogP contribution in [0.1, 0.15) is 20.9 Å². The number of benzene rings is 2. The molecular formula is C18H13N3O5. The molecule has 8 heteroatoms. The molecule has 0 fully saturated rings. The molecule has 0 aliphatic heterocycles. The molecule has 0 bridgehead atoms. The lowest BCUT2D eigenvalue weighted by Crippen LogP contribution is -2.18. The largest absolute Gasteiger partial charge is 0.459 e. The van der Waals surface area contributed by atoms with Crippen LogP contribution in [0.25, 0.3) is 0 Å². The fourth-order valence-electron chi connectivity index (χ4n) is 2.25. The molecule has 0 aliphatic rings. The summed E-state index contributed by atoms with van der Waals surface area (Å²) >= 11 is 0. The number of nitrogens with one attached hydrogen (secondary N) is 2. The molecule has 130 valence electrons. The lowest BCUT2D eigenvalue weighted by molar-refractivity contribution is -0.384. The summed E-state index contributed by atoms with van der Waals surface area (Å²) in [6, 6.07) is 15.3. The van der Waals surface area contributed by atoms with Crippen molar-refractivity contribution in [2.24, 2.45) is 0 Å². The molecule has 0 atom stereocenters. The van der Waals surface area contributed by atoms with E-state index in [4.69, 9.17) is 4.42 Å². The number of nitro groups is 1. The quantitative estimate of drug-likeness (QED) is 0.537. The third kappa shape index (κ3) is 3.75. The molecule has 0 radical (unpaired) electrons. The van der Waals surface area contributed by atoms with Gasteiger partial charge in [-0.25, -0.2) is 0 Å². The molecule has 3 aromatic rings. The minimum absolute atomic E-state index is 0.0389. The lowest BCUT2D eigenvalue weighted by atomic mass is 10.1. The normalized spacial score (nSPS) is 10.2. The monoisotopic (exact) mass is 351 g/mol. The Bertz CT molecular complexity index is 952. The summed E-state index contributed by atoms with van der Waals surface area (Å²) in [5, 5.41) is 16.2. The van der Waals surface area contributed by atoms with E-state index in [9.17, 15) is 19.7 Å². The Morgan fingerprint density at radius 2 is 1.69 bits per heavy atom. The van der Waals surface area contributed by atoms with Crippen LogP contribution < -0.4 is 10.6 Å². The Labute approximate surface area is 147 Å². The fourth-order valence-corrected chi connectivity index (χ4v) is 2.25. The lowest BCUT2D eigenvalue weighted by Gasteiger charge is -2.11. The van der Waals surface area contributed by atoms with Gasteiger partial charge in [-0.3, -0.25) is 19.7 Å². The van der Waals surface area contributed by atoms with Crippen molar-refractivity contribution >= 4 is 28.9 Å². The zero-order valence-corrected chi connectivity index (χ0v) is 13.3. The molecule has 2 amide bonds. The van der Waals surface area contributed by atoms with Crippen LogP contribution in [-0.4, -0.2) is 16.7 Å². The van der Waals surface area contributed by atoms with Gasteiger partial charge in [-0.2, -0.15) is 0 Å². The summed E-state index contributed by atoms with van der Waals surface area (Å²) in [6.45, 7) is 0. The van der Waals surface area contributed by atoms with E-state index < -0.39 is 16.7 Å².